The van der Waals surface area contributed by atoms with Crippen LogP contribution in [0.4, 0.5) is 0 Å². The first-order valence-electron chi connectivity index (χ1n) is 6.98. The molecule has 0 aromatic heterocycles. The van der Waals surface area contributed by atoms with Crippen molar-refractivity contribution in [1.29, 1.82) is 0 Å². The summed E-state index contributed by atoms with van der Waals surface area (Å²) in [6, 6.07) is 0. The van der Waals surface area contributed by atoms with Gasteiger partial charge in [0.05, 0.1) is 5.60 Å². The molecule has 1 aliphatic rings. The van der Waals surface area contributed by atoms with Crippen LogP contribution < -0.4 is 5.32 Å². The minimum absolute atomic E-state index is 0.225. The quantitative estimate of drug-likeness (QED) is 0.740. The standard InChI is InChI=1S/C14H30N2O/c1-13(2,3)15-9-6-11-16-10-5-7-14(4,17)8-12-16/h15,17H,5-12H2,1-4H3. The van der Waals surface area contributed by atoms with Crippen molar-refractivity contribution in [3.05, 3.63) is 0 Å². The number of hydrogen-bond donors (Lipinski definition) is 2. The van der Waals surface area contributed by atoms with Crippen LogP contribution in [0.1, 0.15) is 53.4 Å². The molecule has 0 amide bonds. The average molecular weight is 242 g/mol. The van der Waals surface area contributed by atoms with Crippen molar-refractivity contribution in [2.45, 2.75) is 64.5 Å². The minimum atomic E-state index is -0.432. The maximum absolute atomic E-state index is 10.0. The van der Waals surface area contributed by atoms with E-state index in [1.54, 1.807) is 0 Å². The number of hydrogen-bond acceptors (Lipinski definition) is 3. The highest BCUT2D eigenvalue weighted by Crippen LogP contribution is 2.21. The van der Waals surface area contributed by atoms with Crippen molar-refractivity contribution >= 4 is 0 Å². The van der Waals surface area contributed by atoms with Crippen molar-refractivity contribution in [1.82, 2.24) is 10.2 Å². The third kappa shape index (κ3) is 7.02. The van der Waals surface area contributed by atoms with E-state index < -0.39 is 5.60 Å². The molecule has 0 radical (unpaired) electrons. The molecule has 102 valence electrons. The maximum Gasteiger partial charge on any atom is 0.0632 e. The molecule has 1 atom stereocenters. The van der Waals surface area contributed by atoms with E-state index in [2.05, 4.69) is 31.0 Å². The first-order chi connectivity index (χ1) is 7.79. The average Bonchev–Trinajstić information content (AvgIpc) is 2.33. The largest absolute Gasteiger partial charge is 0.390 e. The molecule has 1 saturated heterocycles. The van der Waals surface area contributed by atoms with Gasteiger partial charge in [0.1, 0.15) is 0 Å². The normalized spacial score (nSPS) is 28.1. The molecule has 0 aromatic rings. The molecule has 1 rings (SSSR count). The van der Waals surface area contributed by atoms with Crippen molar-refractivity contribution in [3.8, 4) is 0 Å². The van der Waals surface area contributed by atoms with Gasteiger partial charge in [-0.2, -0.15) is 0 Å². The summed E-state index contributed by atoms with van der Waals surface area (Å²) in [5, 5.41) is 13.5. The zero-order chi connectivity index (χ0) is 12.9. The zero-order valence-corrected chi connectivity index (χ0v) is 12.1. The fourth-order valence-electron chi connectivity index (χ4n) is 2.31. The van der Waals surface area contributed by atoms with Gasteiger partial charge in [-0.05, 0) is 73.0 Å². The molecule has 1 unspecified atom stereocenters. The fourth-order valence-corrected chi connectivity index (χ4v) is 2.31. The van der Waals surface area contributed by atoms with E-state index in [1.165, 1.54) is 6.42 Å². The molecule has 1 heterocycles. The molecule has 3 heteroatoms. The lowest BCUT2D eigenvalue weighted by Crippen LogP contribution is -2.38. The van der Waals surface area contributed by atoms with Crippen LogP contribution >= 0.6 is 0 Å². The highest BCUT2D eigenvalue weighted by atomic mass is 16.3. The molecular formula is C14H30N2O. The molecule has 1 aliphatic heterocycles. The molecule has 1 fully saturated rings. The van der Waals surface area contributed by atoms with Crippen LogP contribution in [-0.4, -0.2) is 47.3 Å². The molecule has 17 heavy (non-hydrogen) atoms. The Hall–Kier alpha value is -0.120. The predicted molar refractivity (Wildman–Crippen MR) is 73.3 cm³/mol. The maximum atomic E-state index is 10.0. The molecule has 2 N–H and O–H groups in total. The lowest BCUT2D eigenvalue weighted by molar-refractivity contribution is 0.0446. The molecule has 0 bridgehead atoms. The van der Waals surface area contributed by atoms with Crippen molar-refractivity contribution in [2.75, 3.05) is 26.2 Å². The summed E-state index contributed by atoms with van der Waals surface area (Å²) >= 11 is 0. The van der Waals surface area contributed by atoms with Gasteiger partial charge in [0.15, 0.2) is 0 Å². The van der Waals surface area contributed by atoms with Crippen LogP contribution in [0.5, 0.6) is 0 Å². The summed E-state index contributed by atoms with van der Waals surface area (Å²) < 4.78 is 0. The third-order valence-corrected chi connectivity index (χ3v) is 3.46. The van der Waals surface area contributed by atoms with Gasteiger partial charge < -0.3 is 15.3 Å². The highest BCUT2D eigenvalue weighted by Gasteiger charge is 2.24. The van der Waals surface area contributed by atoms with E-state index in [1.807, 2.05) is 6.92 Å². The van der Waals surface area contributed by atoms with Crippen LogP contribution in [0, 0.1) is 0 Å². The second-order valence-corrected chi connectivity index (χ2v) is 6.72. The van der Waals surface area contributed by atoms with Gasteiger partial charge in [-0.1, -0.05) is 0 Å². The second kappa shape index (κ2) is 6.17. The summed E-state index contributed by atoms with van der Waals surface area (Å²) in [4.78, 5) is 2.49. The monoisotopic (exact) mass is 242 g/mol. The number of nitrogens with zero attached hydrogens (tertiary/aromatic N) is 1. The Labute approximate surface area is 107 Å². The molecule has 0 spiro atoms. The van der Waals surface area contributed by atoms with Crippen LogP contribution in [0.25, 0.3) is 0 Å². The topological polar surface area (TPSA) is 35.5 Å². The molecular weight excluding hydrogens is 212 g/mol. The first kappa shape index (κ1) is 14.9. The molecule has 0 aromatic carbocycles. The summed E-state index contributed by atoms with van der Waals surface area (Å²) in [7, 11) is 0. The van der Waals surface area contributed by atoms with E-state index in [4.69, 9.17) is 0 Å². The zero-order valence-electron chi connectivity index (χ0n) is 12.1. The number of likely N-dealkylation sites (tertiary alicyclic amines) is 1. The Kier molecular flexibility index (Phi) is 5.42. The van der Waals surface area contributed by atoms with Gasteiger partial charge in [0, 0.05) is 12.1 Å². The number of nitrogens with one attached hydrogen (secondary N) is 1. The van der Waals surface area contributed by atoms with Crippen LogP contribution in [0.2, 0.25) is 0 Å². The lowest BCUT2D eigenvalue weighted by atomic mass is 9.98. The van der Waals surface area contributed by atoms with Gasteiger partial charge in [-0.15, -0.1) is 0 Å². The fraction of sp³-hybridized carbons (Fsp3) is 1.00. The first-order valence-corrected chi connectivity index (χ1v) is 6.98. The van der Waals surface area contributed by atoms with E-state index in [0.717, 1.165) is 45.4 Å². The Balaban J connectivity index is 2.15. The van der Waals surface area contributed by atoms with Gasteiger partial charge >= 0.3 is 0 Å². The summed E-state index contributed by atoms with van der Waals surface area (Å²) in [6.45, 7) is 13.0. The van der Waals surface area contributed by atoms with Crippen LogP contribution in [0.15, 0.2) is 0 Å². The third-order valence-electron chi connectivity index (χ3n) is 3.46. The summed E-state index contributed by atoms with van der Waals surface area (Å²) in [6.07, 6.45) is 4.18. The van der Waals surface area contributed by atoms with Gasteiger partial charge in [0.2, 0.25) is 0 Å². The van der Waals surface area contributed by atoms with Gasteiger partial charge in [-0.25, -0.2) is 0 Å². The Morgan fingerprint density at radius 2 is 1.94 bits per heavy atom. The highest BCUT2D eigenvalue weighted by molar-refractivity contribution is 4.79. The predicted octanol–water partition coefficient (Wildman–Crippen LogP) is 2.00. The van der Waals surface area contributed by atoms with E-state index in [-0.39, 0.29) is 5.54 Å². The minimum Gasteiger partial charge on any atom is -0.390 e. The second-order valence-electron chi connectivity index (χ2n) is 6.72. The number of aliphatic hydroxyl groups is 1. The van der Waals surface area contributed by atoms with Crippen LogP contribution in [-0.2, 0) is 0 Å². The summed E-state index contributed by atoms with van der Waals surface area (Å²) in [5.74, 6) is 0. The van der Waals surface area contributed by atoms with Gasteiger partial charge in [0.25, 0.3) is 0 Å². The van der Waals surface area contributed by atoms with Crippen molar-refractivity contribution < 1.29 is 5.11 Å². The smallest absolute Gasteiger partial charge is 0.0632 e. The van der Waals surface area contributed by atoms with Crippen molar-refractivity contribution in [3.63, 3.8) is 0 Å². The van der Waals surface area contributed by atoms with Crippen LogP contribution in [0.3, 0.4) is 0 Å². The molecule has 0 aliphatic carbocycles. The molecule has 3 nitrogen and oxygen atoms in total. The van der Waals surface area contributed by atoms with E-state index in [9.17, 15) is 5.11 Å². The Morgan fingerprint density at radius 3 is 2.59 bits per heavy atom. The van der Waals surface area contributed by atoms with Crippen molar-refractivity contribution in [2.24, 2.45) is 0 Å². The Morgan fingerprint density at radius 1 is 1.24 bits per heavy atom. The van der Waals surface area contributed by atoms with E-state index >= 15 is 0 Å². The Bertz CT molecular complexity index is 221. The van der Waals surface area contributed by atoms with Gasteiger partial charge in [-0.3, -0.25) is 0 Å². The SMILES string of the molecule is CC1(O)CCCN(CCCNC(C)(C)C)CC1. The lowest BCUT2D eigenvalue weighted by Gasteiger charge is -2.24. The number of rotatable bonds is 4. The van der Waals surface area contributed by atoms with E-state index in [0.29, 0.717) is 0 Å². The molecule has 0 saturated carbocycles. The summed E-state index contributed by atoms with van der Waals surface area (Å²) in [5.41, 5.74) is -0.207.